The smallest absolute Gasteiger partial charge is 0.337 e. The number of piperidine rings is 1. The molecule has 0 amide bonds. The maximum Gasteiger partial charge on any atom is 0.337 e. The summed E-state index contributed by atoms with van der Waals surface area (Å²) < 4.78 is 24.8. The van der Waals surface area contributed by atoms with Gasteiger partial charge in [0.1, 0.15) is 11.9 Å². The molecule has 0 saturated carbocycles. The normalized spacial score (nSPS) is 17.5. The maximum atomic E-state index is 13.1. The van der Waals surface area contributed by atoms with Crippen LogP contribution in [-0.4, -0.2) is 52.5 Å². The van der Waals surface area contributed by atoms with Gasteiger partial charge in [-0.15, -0.1) is 0 Å². The van der Waals surface area contributed by atoms with E-state index in [0.29, 0.717) is 29.1 Å². The summed E-state index contributed by atoms with van der Waals surface area (Å²) in [6, 6.07) is 3.64. The third kappa shape index (κ3) is 7.15. The van der Waals surface area contributed by atoms with E-state index < -0.39 is 23.8 Å². The van der Waals surface area contributed by atoms with Gasteiger partial charge in [-0.25, -0.2) is 9.18 Å². The zero-order valence-electron chi connectivity index (χ0n) is 22.6. The van der Waals surface area contributed by atoms with Gasteiger partial charge in [-0.05, 0) is 65.0 Å². The number of hydrogen-bond acceptors (Lipinski definition) is 6. The number of nitrogens with zero attached hydrogens (tertiary/aromatic N) is 3. The van der Waals surface area contributed by atoms with Crippen LogP contribution in [0.4, 0.5) is 10.1 Å². The molecule has 0 spiro atoms. The highest BCUT2D eigenvalue weighted by Gasteiger charge is 2.36. The Morgan fingerprint density at radius 1 is 1.19 bits per heavy atom. The van der Waals surface area contributed by atoms with Gasteiger partial charge in [0.15, 0.2) is 6.10 Å². The fourth-order valence-corrected chi connectivity index (χ4v) is 4.34. The number of ether oxygens (including phenoxy) is 2. The summed E-state index contributed by atoms with van der Waals surface area (Å²) in [6.07, 6.45) is 3.55. The minimum Gasteiger partial charge on any atom is -0.492 e. The SMILES string of the molecule is Cc1ncc(-c2ccc(OCCC(C)F)cn2)c(N2CCC(C)(C)CC2)c1[C@H](OC(C)(C)C)C(=O)O. The molecule has 0 aliphatic carbocycles. The van der Waals surface area contributed by atoms with E-state index in [0.717, 1.165) is 37.2 Å². The number of carboxylic acid groups (broad SMARTS) is 1. The van der Waals surface area contributed by atoms with Crippen molar-refractivity contribution < 1.29 is 23.8 Å². The predicted molar refractivity (Wildman–Crippen MR) is 139 cm³/mol. The van der Waals surface area contributed by atoms with Gasteiger partial charge in [0, 0.05) is 42.5 Å². The van der Waals surface area contributed by atoms with Crippen LogP contribution in [0.1, 0.15) is 78.2 Å². The van der Waals surface area contributed by atoms with Crippen LogP contribution < -0.4 is 9.64 Å². The second-order valence-corrected chi connectivity index (χ2v) is 11.4. The first-order valence-corrected chi connectivity index (χ1v) is 12.7. The molecule has 3 rings (SSSR count). The van der Waals surface area contributed by atoms with E-state index in [1.54, 1.807) is 18.5 Å². The Morgan fingerprint density at radius 2 is 1.86 bits per heavy atom. The molecule has 7 nitrogen and oxygen atoms in total. The number of carbonyl (C=O) groups is 1. The zero-order valence-corrected chi connectivity index (χ0v) is 22.6. The number of halogens is 1. The summed E-state index contributed by atoms with van der Waals surface area (Å²) in [5.41, 5.74) is 2.96. The highest BCUT2D eigenvalue weighted by Crippen LogP contribution is 2.43. The monoisotopic (exact) mass is 501 g/mol. The summed E-state index contributed by atoms with van der Waals surface area (Å²) in [4.78, 5) is 23.9. The van der Waals surface area contributed by atoms with Gasteiger partial charge in [-0.2, -0.15) is 0 Å². The Bertz CT molecular complexity index is 1040. The highest BCUT2D eigenvalue weighted by atomic mass is 19.1. The fraction of sp³-hybridized carbons (Fsp3) is 0.607. The molecule has 0 aromatic carbocycles. The molecule has 1 N–H and O–H groups in total. The van der Waals surface area contributed by atoms with Crippen LogP contribution in [0, 0.1) is 12.3 Å². The lowest BCUT2D eigenvalue weighted by Crippen LogP contribution is -2.39. The van der Waals surface area contributed by atoms with Crippen molar-refractivity contribution in [2.75, 3.05) is 24.6 Å². The number of anilines is 1. The van der Waals surface area contributed by atoms with Crippen molar-refractivity contribution in [3.63, 3.8) is 0 Å². The first kappa shape index (κ1) is 27.8. The van der Waals surface area contributed by atoms with Gasteiger partial charge in [-0.1, -0.05) is 13.8 Å². The standard InChI is InChI=1S/C28H40FN3O4/c1-18(29)10-15-35-20-8-9-22(31-16-20)21-17-30-19(2)23(25(26(33)34)36-27(3,4)5)24(21)32-13-11-28(6,7)12-14-32/h8-9,16-18,25H,10-15H2,1-7H3,(H,33,34)/t18?,25-/m0/s1. The Kier molecular flexibility index (Phi) is 8.59. The molecule has 3 heterocycles. The maximum absolute atomic E-state index is 13.1. The molecule has 8 heteroatoms. The Morgan fingerprint density at radius 3 is 2.39 bits per heavy atom. The van der Waals surface area contributed by atoms with E-state index in [2.05, 4.69) is 28.7 Å². The molecule has 1 aliphatic heterocycles. The molecule has 0 radical (unpaired) electrons. The van der Waals surface area contributed by atoms with Crippen LogP contribution in [0.15, 0.2) is 24.5 Å². The number of aliphatic carboxylic acids is 1. The number of alkyl halides is 1. The molecular weight excluding hydrogens is 461 g/mol. The molecule has 2 aromatic heterocycles. The van der Waals surface area contributed by atoms with Crippen LogP contribution in [0.3, 0.4) is 0 Å². The number of rotatable bonds is 9. The molecule has 198 valence electrons. The van der Waals surface area contributed by atoms with Gasteiger partial charge < -0.3 is 19.5 Å². The number of aromatic nitrogens is 2. The topological polar surface area (TPSA) is 84.8 Å². The largest absolute Gasteiger partial charge is 0.492 e. The average molecular weight is 502 g/mol. The lowest BCUT2D eigenvalue weighted by Gasteiger charge is -2.40. The van der Waals surface area contributed by atoms with Gasteiger partial charge in [0.25, 0.3) is 0 Å². The van der Waals surface area contributed by atoms with Crippen LogP contribution in [-0.2, 0) is 9.53 Å². The molecule has 36 heavy (non-hydrogen) atoms. The lowest BCUT2D eigenvalue weighted by molar-refractivity contribution is -0.160. The third-order valence-corrected chi connectivity index (χ3v) is 6.48. The van der Waals surface area contributed by atoms with Crippen LogP contribution in [0.2, 0.25) is 0 Å². The molecule has 1 aliphatic rings. The summed E-state index contributed by atoms with van der Waals surface area (Å²) in [6.45, 7) is 15.3. The Labute approximate surface area is 214 Å². The van der Waals surface area contributed by atoms with E-state index in [4.69, 9.17) is 9.47 Å². The van der Waals surface area contributed by atoms with Crippen LogP contribution >= 0.6 is 0 Å². The molecule has 1 unspecified atom stereocenters. The van der Waals surface area contributed by atoms with Crippen molar-refractivity contribution in [3.05, 3.63) is 35.8 Å². The van der Waals surface area contributed by atoms with Crippen molar-refractivity contribution in [2.45, 2.75) is 85.6 Å². The Balaban J connectivity index is 2.09. The predicted octanol–water partition coefficient (Wildman–Crippen LogP) is 6.15. The number of hydrogen-bond donors (Lipinski definition) is 1. The zero-order chi connectivity index (χ0) is 26.7. The molecule has 1 saturated heterocycles. The highest BCUT2D eigenvalue weighted by molar-refractivity contribution is 5.85. The van der Waals surface area contributed by atoms with E-state index in [1.807, 2.05) is 33.8 Å². The summed E-state index contributed by atoms with van der Waals surface area (Å²) in [5, 5.41) is 10.2. The van der Waals surface area contributed by atoms with Gasteiger partial charge in [0.05, 0.1) is 29.8 Å². The van der Waals surface area contributed by atoms with Crippen molar-refractivity contribution >= 4 is 11.7 Å². The van der Waals surface area contributed by atoms with Gasteiger partial charge in [-0.3, -0.25) is 9.97 Å². The lowest BCUT2D eigenvalue weighted by atomic mass is 9.82. The van der Waals surface area contributed by atoms with Crippen molar-refractivity contribution in [1.82, 2.24) is 9.97 Å². The summed E-state index contributed by atoms with van der Waals surface area (Å²) in [5.74, 6) is -0.496. The summed E-state index contributed by atoms with van der Waals surface area (Å²) >= 11 is 0. The average Bonchev–Trinajstić information content (AvgIpc) is 2.77. The Hall–Kier alpha value is -2.74. The van der Waals surface area contributed by atoms with E-state index in [-0.39, 0.29) is 12.0 Å². The first-order chi connectivity index (χ1) is 16.8. The molecule has 2 atom stereocenters. The van der Waals surface area contributed by atoms with Crippen molar-refractivity contribution in [3.8, 4) is 17.0 Å². The summed E-state index contributed by atoms with van der Waals surface area (Å²) in [7, 11) is 0. The molecule has 1 fully saturated rings. The van der Waals surface area contributed by atoms with Gasteiger partial charge >= 0.3 is 5.97 Å². The van der Waals surface area contributed by atoms with E-state index >= 15 is 0 Å². The number of aryl methyl sites for hydroxylation is 1. The quantitative estimate of drug-likeness (QED) is 0.441. The third-order valence-electron chi connectivity index (χ3n) is 6.48. The minimum atomic E-state index is -1.17. The number of carboxylic acids is 1. The number of pyridine rings is 2. The second kappa shape index (κ2) is 11.1. The minimum absolute atomic E-state index is 0.224. The first-order valence-electron chi connectivity index (χ1n) is 12.7. The van der Waals surface area contributed by atoms with E-state index in [9.17, 15) is 14.3 Å². The molecule has 0 bridgehead atoms. The van der Waals surface area contributed by atoms with Crippen molar-refractivity contribution in [2.24, 2.45) is 5.41 Å². The molecule has 2 aromatic rings. The van der Waals surface area contributed by atoms with Crippen molar-refractivity contribution in [1.29, 1.82) is 0 Å². The van der Waals surface area contributed by atoms with Gasteiger partial charge in [0.2, 0.25) is 0 Å². The fourth-order valence-electron chi connectivity index (χ4n) is 4.34. The second-order valence-electron chi connectivity index (χ2n) is 11.4. The molecular formula is C28H40FN3O4. The van der Waals surface area contributed by atoms with Crippen LogP contribution in [0.5, 0.6) is 5.75 Å². The van der Waals surface area contributed by atoms with E-state index in [1.165, 1.54) is 6.92 Å². The van der Waals surface area contributed by atoms with Crippen LogP contribution in [0.25, 0.3) is 11.3 Å².